The van der Waals surface area contributed by atoms with Crippen LogP contribution in [-0.4, -0.2) is 42.2 Å². The molecule has 1 unspecified atom stereocenters. The molecule has 8 nitrogen and oxygen atoms in total. The molecule has 0 radical (unpaired) electrons. The summed E-state index contributed by atoms with van der Waals surface area (Å²) in [4.78, 5) is 32.1. The van der Waals surface area contributed by atoms with Crippen molar-refractivity contribution in [2.24, 2.45) is 0 Å². The number of aromatic nitrogens is 2. The van der Waals surface area contributed by atoms with Crippen molar-refractivity contribution in [3.05, 3.63) is 48.3 Å². The van der Waals surface area contributed by atoms with Crippen LogP contribution in [0.1, 0.15) is 23.7 Å². The van der Waals surface area contributed by atoms with Gasteiger partial charge in [-0.1, -0.05) is 6.92 Å². The monoisotopic (exact) mass is 383 g/mol. The zero-order valence-electron chi connectivity index (χ0n) is 15.8. The van der Waals surface area contributed by atoms with Crippen molar-refractivity contribution in [3.8, 4) is 11.5 Å². The molecule has 146 valence electrons. The third-order valence-corrected chi connectivity index (χ3v) is 4.24. The second kappa shape index (κ2) is 8.43. The van der Waals surface area contributed by atoms with E-state index in [0.29, 0.717) is 29.2 Å². The second-order valence-electron chi connectivity index (χ2n) is 5.99. The van der Waals surface area contributed by atoms with Gasteiger partial charge in [0.25, 0.3) is 5.91 Å². The van der Waals surface area contributed by atoms with Crippen molar-refractivity contribution in [1.29, 1.82) is 0 Å². The van der Waals surface area contributed by atoms with E-state index in [2.05, 4.69) is 15.3 Å². The van der Waals surface area contributed by atoms with E-state index in [0.717, 1.165) is 11.0 Å². The van der Waals surface area contributed by atoms with E-state index in [9.17, 15) is 9.59 Å². The van der Waals surface area contributed by atoms with E-state index in [1.54, 1.807) is 56.8 Å². The number of hydrogen-bond donors (Lipinski definition) is 2. The molecule has 1 atom stereocenters. The summed E-state index contributed by atoms with van der Waals surface area (Å²) in [6, 6.07) is 9.99. The van der Waals surface area contributed by atoms with E-state index in [-0.39, 0.29) is 0 Å². The molecule has 0 fully saturated rings. The maximum atomic E-state index is 12.6. The van der Waals surface area contributed by atoms with Crippen LogP contribution in [0.3, 0.4) is 0 Å². The molecule has 0 saturated heterocycles. The standard InChI is InChI=1S/C20H21N3O5/c1-4-17(19(24)23-15-8-6-13(26-2)10-18(15)27-3)28-20(25)12-5-7-14-16(9-12)22-11-21-14/h5-11,17H,4H2,1-3H3,(H,21,22)(H,23,24). The summed E-state index contributed by atoms with van der Waals surface area (Å²) in [5, 5.41) is 2.73. The minimum absolute atomic E-state index is 0.322. The van der Waals surface area contributed by atoms with Crippen molar-refractivity contribution in [2.75, 3.05) is 19.5 Å². The smallest absolute Gasteiger partial charge is 0.338 e. The number of fused-ring (bicyclic) bond motifs is 1. The summed E-state index contributed by atoms with van der Waals surface area (Å²) >= 11 is 0. The fraction of sp³-hybridized carbons (Fsp3) is 0.250. The van der Waals surface area contributed by atoms with Crippen LogP contribution in [-0.2, 0) is 9.53 Å². The highest BCUT2D eigenvalue weighted by molar-refractivity contribution is 5.99. The first-order valence-corrected chi connectivity index (χ1v) is 8.72. The molecule has 0 aliphatic heterocycles. The lowest BCUT2D eigenvalue weighted by molar-refractivity contribution is -0.124. The lowest BCUT2D eigenvalue weighted by Crippen LogP contribution is -2.32. The topological polar surface area (TPSA) is 103 Å². The molecule has 0 aliphatic carbocycles. The van der Waals surface area contributed by atoms with E-state index in [1.165, 1.54) is 7.11 Å². The van der Waals surface area contributed by atoms with Crippen LogP contribution in [0.4, 0.5) is 5.69 Å². The number of carbonyl (C=O) groups excluding carboxylic acids is 2. The van der Waals surface area contributed by atoms with Gasteiger partial charge in [-0.3, -0.25) is 4.79 Å². The van der Waals surface area contributed by atoms with Crippen LogP contribution < -0.4 is 14.8 Å². The SMILES string of the molecule is CCC(OC(=O)c1ccc2nc[nH]c2c1)C(=O)Nc1ccc(OC)cc1OC. The van der Waals surface area contributed by atoms with Gasteiger partial charge in [0.1, 0.15) is 11.5 Å². The molecule has 1 aromatic heterocycles. The summed E-state index contributed by atoms with van der Waals surface area (Å²) in [5.41, 5.74) is 2.26. The number of aromatic amines is 1. The molecule has 8 heteroatoms. The molecule has 3 aromatic rings. The number of nitrogens with one attached hydrogen (secondary N) is 2. The van der Waals surface area contributed by atoms with Crippen molar-refractivity contribution < 1.29 is 23.8 Å². The van der Waals surface area contributed by atoms with E-state index in [4.69, 9.17) is 14.2 Å². The Bertz CT molecular complexity index is 998. The Morgan fingerprint density at radius 3 is 2.68 bits per heavy atom. The van der Waals surface area contributed by atoms with Gasteiger partial charge in [0.05, 0.1) is 42.8 Å². The fourth-order valence-corrected chi connectivity index (χ4v) is 2.70. The molecule has 0 saturated carbocycles. The number of benzene rings is 2. The highest BCUT2D eigenvalue weighted by Crippen LogP contribution is 2.29. The molecule has 1 heterocycles. The number of rotatable bonds is 7. The molecule has 3 rings (SSSR count). The molecular formula is C20H21N3O5. The van der Waals surface area contributed by atoms with Crippen LogP contribution >= 0.6 is 0 Å². The summed E-state index contributed by atoms with van der Waals surface area (Å²) in [7, 11) is 3.04. The second-order valence-corrected chi connectivity index (χ2v) is 5.99. The van der Waals surface area contributed by atoms with Gasteiger partial charge in [-0.15, -0.1) is 0 Å². The van der Waals surface area contributed by atoms with E-state index < -0.39 is 18.0 Å². The highest BCUT2D eigenvalue weighted by Gasteiger charge is 2.23. The van der Waals surface area contributed by atoms with Crippen molar-refractivity contribution in [2.45, 2.75) is 19.4 Å². The summed E-state index contributed by atoms with van der Waals surface area (Å²) in [6.45, 7) is 1.76. The third kappa shape index (κ3) is 4.06. The van der Waals surface area contributed by atoms with E-state index >= 15 is 0 Å². The Kier molecular flexibility index (Phi) is 5.78. The normalized spacial score (nSPS) is 11.7. The van der Waals surface area contributed by atoms with Crippen LogP contribution in [0.25, 0.3) is 11.0 Å². The Hall–Kier alpha value is -3.55. The van der Waals surface area contributed by atoms with Crippen molar-refractivity contribution in [1.82, 2.24) is 9.97 Å². The van der Waals surface area contributed by atoms with Crippen LogP contribution in [0.2, 0.25) is 0 Å². The van der Waals surface area contributed by atoms with Crippen molar-refractivity contribution >= 4 is 28.6 Å². The molecule has 0 aliphatic rings. The van der Waals surface area contributed by atoms with Gasteiger partial charge in [0.2, 0.25) is 0 Å². The van der Waals surface area contributed by atoms with E-state index in [1.807, 2.05) is 0 Å². The Morgan fingerprint density at radius 1 is 1.14 bits per heavy atom. The van der Waals surface area contributed by atoms with Gasteiger partial charge < -0.3 is 24.5 Å². The highest BCUT2D eigenvalue weighted by atomic mass is 16.5. The first kappa shape index (κ1) is 19.2. The maximum absolute atomic E-state index is 12.6. The average Bonchev–Trinajstić information content (AvgIpc) is 3.19. The Balaban J connectivity index is 1.72. The maximum Gasteiger partial charge on any atom is 0.338 e. The minimum atomic E-state index is -0.947. The number of hydrogen-bond acceptors (Lipinski definition) is 6. The van der Waals surface area contributed by atoms with Gasteiger partial charge in [-0.25, -0.2) is 9.78 Å². The largest absolute Gasteiger partial charge is 0.497 e. The molecule has 2 N–H and O–H groups in total. The van der Waals surface area contributed by atoms with Crippen LogP contribution in [0.5, 0.6) is 11.5 Å². The van der Waals surface area contributed by atoms with Crippen LogP contribution in [0.15, 0.2) is 42.7 Å². The summed E-state index contributed by atoms with van der Waals surface area (Å²) in [5.74, 6) is 0.0169. The van der Waals surface area contributed by atoms with Gasteiger partial charge in [-0.05, 0) is 36.8 Å². The van der Waals surface area contributed by atoms with Gasteiger partial charge in [-0.2, -0.15) is 0 Å². The lowest BCUT2D eigenvalue weighted by Gasteiger charge is -2.17. The molecule has 2 aromatic carbocycles. The first-order valence-electron chi connectivity index (χ1n) is 8.72. The molecular weight excluding hydrogens is 362 g/mol. The molecule has 0 bridgehead atoms. The molecule has 28 heavy (non-hydrogen) atoms. The van der Waals surface area contributed by atoms with Gasteiger partial charge in [0, 0.05) is 6.07 Å². The summed E-state index contributed by atoms with van der Waals surface area (Å²) in [6.07, 6.45) is 0.920. The quantitative estimate of drug-likeness (QED) is 0.608. The predicted octanol–water partition coefficient (Wildman–Crippen LogP) is 3.15. The number of ether oxygens (including phenoxy) is 3. The first-order chi connectivity index (χ1) is 13.5. The number of nitrogens with zero attached hydrogens (tertiary/aromatic N) is 1. The zero-order valence-corrected chi connectivity index (χ0v) is 15.8. The Labute approximate surface area is 161 Å². The number of imidazole rings is 1. The molecule has 0 spiro atoms. The fourth-order valence-electron chi connectivity index (χ4n) is 2.70. The third-order valence-electron chi connectivity index (χ3n) is 4.24. The molecule has 1 amide bonds. The number of esters is 1. The number of amides is 1. The number of carbonyl (C=O) groups is 2. The number of methoxy groups -OCH3 is 2. The van der Waals surface area contributed by atoms with Gasteiger partial charge >= 0.3 is 5.97 Å². The Morgan fingerprint density at radius 2 is 1.96 bits per heavy atom. The van der Waals surface area contributed by atoms with Crippen molar-refractivity contribution in [3.63, 3.8) is 0 Å². The summed E-state index contributed by atoms with van der Waals surface area (Å²) < 4.78 is 15.8. The van der Waals surface area contributed by atoms with Gasteiger partial charge in [0.15, 0.2) is 6.10 Å². The van der Waals surface area contributed by atoms with Crippen LogP contribution in [0, 0.1) is 0 Å². The number of H-pyrrole nitrogens is 1. The predicted molar refractivity (Wildman–Crippen MR) is 104 cm³/mol. The minimum Gasteiger partial charge on any atom is -0.497 e. The lowest BCUT2D eigenvalue weighted by atomic mass is 10.2. The zero-order chi connectivity index (χ0) is 20.1. The number of anilines is 1. The average molecular weight is 383 g/mol.